The van der Waals surface area contributed by atoms with E-state index in [0.717, 1.165) is 19.3 Å². The summed E-state index contributed by atoms with van der Waals surface area (Å²) in [4.78, 5) is 37.3. The van der Waals surface area contributed by atoms with Crippen molar-refractivity contribution in [2.45, 2.75) is 38.6 Å². The normalized spacial score (nSPS) is 21.6. The number of H-pyrrole nitrogens is 1. The highest BCUT2D eigenvalue weighted by atomic mass is 16.5. The lowest BCUT2D eigenvalue weighted by Gasteiger charge is -2.29. The maximum Gasteiger partial charge on any atom is 0.344 e. The largest absolute Gasteiger partial charge is 0.452 e. The van der Waals surface area contributed by atoms with Crippen LogP contribution in [0.1, 0.15) is 43.0 Å². The molecule has 0 aliphatic heterocycles. The van der Waals surface area contributed by atoms with Crippen molar-refractivity contribution in [1.82, 2.24) is 10.3 Å². The van der Waals surface area contributed by atoms with E-state index in [1.807, 2.05) is 0 Å². The van der Waals surface area contributed by atoms with Crippen molar-refractivity contribution in [3.63, 3.8) is 0 Å². The zero-order chi connectivity index (χ0) is 15.2. The first-order chi connectivity index (χ1) is 10.1. The third-order valence-electron chi connectivity index (χ3n) is 3.83. The molecule has 1 aromatic rings. The van der Waals surface area contributed by atoms with E-state index in [1.165, 1.54) is 24.8 Å². The number of aromatic amines is 1. The Morgan fingerprint density at radius 2 is 2.14 bits per heavy atom. The highest BCUT2D eigenvalue weighted by molar-refractivity contribution is 5.90. The van der Waals surface area contributed by atoms with Gasteiger partial charge in [0.15, 0.2) is 6.61 Å². The van der Waals surface area contributed by atoms with Crippen molar-refractivity contribution in [1.29, 1.82) is 0 Å². The quantitative estimate of drug-likeness (QED) is 0.817. The molecule has 2 unspecified atom stereocenters. The van der Waals surface area contributed by atoms with Gasteiger partial charge in [0.25, 0.3) is 11.5 Å². The maximum absolute atomic E-state index is 11.8. The minimum absolute atomic E-state index is 0.101. The van der Waals surface area contributed by atoms with Crippen LogP contribution < -0.4 is 10.9 Å². The topological polar surface area (TPSA) is 88.3 Å². The molecule has 0 saturated heterocycles. The standard InChI is InChI=1S/C15H20N2O4/c1-10-5-2-3-7-12(10)17-13(18)9-21-15(20)11-6-4-8-16-14(11)19/h4,6,8,10,12H,2-3,5,7,9H2,1H3,(H,16,19)(H,17,18). The lowest BCUT2D eigenvalue weighted by molar-refractivity contribution is -0.125. The van der Waals surface area contributed by atoms with Gasteiger partial charge in [-0.15, -0.1) is 0 Å². The molecule has 1 heterocycles. The molecule has 2 atom stereocenters. The summed E-state index contributed by atoms with van der Waals surface area (Å²) in [6.07, 6.45) is 5.79. The van der Waals surface area contributed by atoms with Crippen LogP contribution in [0.2, 0.25) is 0 Å². The van der Waals surface area contributed by atoms with Crippen LogP contribution in [0.4, 0.5) is 0 Å². The lowest BCUT2D eigenvalue weighted by atomic mass is 9.86. The summed E-state index contributed by atoms with van der Waals surface area (Å²) in [5.41, 5.74) is -0.625. The second-order valence-corrected chi connectivity index (χ2v) is 5.42. The number of hydrogen-bond acceptors (Lipinski definition) is 4. The van der Waals surface area contributed by atoms with Crippen LogP contribution in [0, 0.1) is 5.92 Å². The fourth-order valence-corrected chi connectivity index (χ4v) is 2.57. The number of hydrogen-bond donors (Lipinski definition) is 2. The number of rotatable bonds is 4. The summed E-state index contributed by atoms with van der Waals surface area (Å²) < 4.78 is 4.88. The lowest BCUT2D eigenvalue weighted by Crippen LogP contribution is -2.43. The highest BCUT2D eigenvalue weighted by Gasteiger charge is 2.23. The Labute approximate surface area is 122 Å². The minimum atomic E-state index is -0.788. The molecule has 0 bridgehead atoms. The van der Waals surface area contributed by atoms with E-state index in [9.17, 15) is 14.4 Å². The fraction of sp³-hybridized carbons (Fsp3) is 0.533. The first-order valence-corrected chi connectivity index (χ1v) is 7.22. The summed E-state index contributed by atoms with van der Waals surface area (Å²) >= 11 is 0. The third-order valence-corrected chi connectivity index (χ3v) is 3.83. The zero-order valence-electron chi connectivity index (χ0n) is 12.1. The molecule has 21 heavy (non-hydrogen) atoms. The van der Waals surface area contributed by atoms with E-state index in [2.05, 4.69) is 17.2 Å². The number of aromatic nitrogens is 1. The van der Waals surface area contributed by atoms with Crippen LogP contribution in [0.25, 0.3) is 0 Å². The zero-order valence-corrected chi connectivity index (χ0v) is 12.1. The van der Waals surface area contributed by atoms with E-state index >= 15 is 0 Å². The van der Waals surface area contributed by atoms with E-state index in [4.69, 9.17) is 4.74 Å². The van der Waals surface area contributed by atoms with E-state index < -0.39 is 11.5 Å². The molecule has 0 spiro atoms. The van der Waals surface area contributed by atoms with Crippen molar-refractivity contribution in [2.75, 3.05) is 6.61 Å². The van der Waals surface area contributed by atoms with Crippen LogP contribution in [0.15, 0.2) is 23.1 Å². The molecular formula is C15H20N2O4. The van der Waals surface area contributed by atoms with Gasteiger partial charge >= 0.3 is 5.97 Å². The molecule has 6 nitrogen and oxygen atoms in total. The summed E-state index contributed by atoms with van der Waals surface area (Å²) in [6, 6.07) is 3.04. The first kappa shape index (κ1) is 15.3. The van der Waals surface area contributed by atoms with Crippen molar-refractivity contribution in [2.24, 2.45) is 5.92 Å². The summed E-state index contributed by atoms with van der Waals surface area (Å²) in [5.74, 6) is -0.673. The SMILES string of the molecule is CC1CCCCC1NC(=O)COC(=O)c1ccc[nH]c1=O. The summed E-state index contributed by atoms with van der Waals surface area (Å²) in [5, 5.41) is 2.89. The van der Waals surface area contributed by atoms with Gasteiger partial charge in [-0.3, -0.25) is 9.59 Å². The molecule has 1 aromatic heterocycles. The Morgan fingerprint density at radius 3 is 2.86 bits per heavy atom. The van der Waals surface area contributed by atoms with Gasteiger partial charge < -0.3 is 15.0 Å². The van der Waals surface area contributed by atoms with Crippen molar-refractivity contribution < 1.29 is 14.3 Å². The molecule has 6 heteroatoms. The minimum Gasteiger partial charge on any atom is -0.452 e. The molecule has 2 N–H and O–H groups in total. The van der Waals surface area contributed by atoms with Crippen molar-refractivity contribution >= 4 is 11.9 Å². The Kier molecular flexibility index (Phi) is 5.14. The molecule has 1 aliphatic carbocycles. The first-order valence-electron chi connectivity index (χ1n) is 7.22. The molecule has 1 aliphatic rings. The van der Waals surface area contributed by atoms with Gasteiger partial charge in [-0.25, -0.2) is 4.79 Å². The number of amides is 1. The van der Waals surface area contributed by atoms with Gasteiger partial charge in [0.1, 0.15) is 5.56 Å². The van der Waals surface area contributed by atoms with Crippen LogP contribution in [-0.4, -0.2) is 29.5 Å². The van der Waals surface area contributed by atoms with E-state index in [-0.39, 0.29) is 24.1 Å². The third kappa shape index (κ3) is 4.18. The molecule has 1 fully saturated rings. The average molecular weight is 292 g/mol. The molecule has 2 rings (SSSR count). The Balaban J connectivity index is 1.82. The number of ether oxygens (including phenoxy) is 1. The van der Waals surface area contributed by atoms with Gasteiger partial charge in [-0.05, 0) is 30.9 Å². The Bertz CT molecular complexity index is 567. The van der Waals surface area contributed by atoms with Crippen molar-refractivity contribution in [3.05, 3.63) is 34.2 Å². The molecular weight excluding hydrogens is 272 g/mol. The van der Waals surface area contributed by atoms with E-state index in [0.29, 0.717) is 5.92 Å². The van der Waals surface area contributed by atoms with Gasteiger partial charge in [0.2, 0.25) is 0 Å². The Hall–Kier alpha value is -2.11. The average Bonchev–Trinajstić information content (AvgIpc) is 2.48. The van der Waals surface area contributed by atoms with Gasteiger partial charge in [-0.2, -0.15) is 0 Å². The molecule has 0 aromatic carbocycles. The number of nitrogens with one attached hydrogen (secondary N) is 2. The molecule has 0 radical (unpaired) electrons. The van der Waals surface area contributed by atoms with Gasteiger partial charge in [0.05, 0.1) is 0 Å². The van der Waals surface area contributed by atoms with Crippen LogP contribution in [-0.2, 0) is 9.53 Å². The number of esters is 1. The number of carbonyl (C=O) groups excluding carboxylic acids is 2. The highest BCUT2D eigenvalue weighted by Crippen LogP contribution is 2.23. The maximum atomic E-state index is 11.8. The fourth-order valence-electron chi connectivity index (χ4n) is 2.57. The summed E-state index contributed by atoms with van der Waals surface area (Å²) in [6.45, 7) is 1.75. The van der Waals surface area contributed by atoms with Crippen LogP contribution in [0.3, 0.4) is 0 Å². The second-order valence-electron chi connectivity index (χ2n) is 5.42. The Morgan fingerprint density at radius 1 is 1.38 bits per heavy atom. The van der Waals surface area contributed by atoms with Crippen LogP contribution >= 0.6 is 0 Å². The van der Waals surface area contributed by atoms with Crippen molar-refractivity contribution in [3.8, 4) is 0 Å². The van der Waals surface area contributed by atoms with Gasteiger partial charge in [0, 0.05) is 12.2 Å². The number of carbonyl (C=O) groups is 2. The van der Waals surface area contributed by atoms with Gasteiger partial charge in [-0.1, -0.05) is 19.8 Å². The van der Waals surface area contributed by atoms with Crippen LogP contribution in [0.5, 0.6) is 0 Å². The molecule has 114 valence electrons. The predicted molar refractivity (Wildman–Crippen MR) is 76.9 cm³/mol. The summed E-state index contributed by atoms with van der Waals surface area (Å²) in [7, 11) is 0. The molecule has 1 saturated carbocycles. The second kappa shape index (κ2) is 7.06. The van der Waals surface area contributed by atoms with E-state index in [1.54, 1.807) is 0 Å². The number of pyridine rings is 1. The smallest absolute Gasteiger partial charge is 0.344 e. The monoisotopic (exact) mass is 292 g/mol. The molecule has 1 amide bonds. The predicted octanol–water partition coefficient (Wildman–Crippen LogP) is 1.23.